The van der Waals surface area contributed by atoms with Crippen LogP contribution in [0, 0.1) is 0 Å². The van der Waals surface area contributed by atoms with Crippen molar-refractivity contribution in [3.05, 3.63) is 53.1 Å². The zero-order valence-corrected chi connectivity index (χ0v) is 13.4. The van der Waals surface area contributed by atoms with Gasteiger partial charge in [-0.2, -0.15) is 13.2 Å². The number of hydrogen-bond acceptors (Lipinski definition) is 3. The molecule has 1 atom stereocenters. The number of carbonyl (C=O) groups excluding carboxylic acids is 1. The highest BCUT2D eigenvalue weighted by Crippen LogP contribution is 2.40. The molecule has 1 unspecified atom stereocenters. The second kappa shape index (κ2) is 6.82. The molecule has 1 aromatic carbocycles. The molecule has 1 amide bonds. The Kier molecular flexibility index (Phi) is 5.19. The molecule has 24 heavy (non-hydrogen) atoms. The highest BCUT2D eigenvalue weighted by atomic mass is 35.5. The summed E-state index contributed by atoms with van der Waals surface area (Å²) in [5, 5.41) is 12.8. The van der Waals surface area contributed by atoms with E-state index in [0.717, 1.165) is 10.8 Å². The van der Waals surface area contributed by atoms with Gasteiger partial charge < -0.3 is 15.0 Å². The lowest BCUT2D eigenvalue weighted by Gasteiger charge is -2.29. The van der Waals surface area contributed by atoms with Gasteiger partial charge in [0.05, 0.1) is 6.42 Å². The smallest absolute Gasteiger partial charge is 0.374 e. The number of alkyl halides is 3. The summed E-state index contributed by atoms with van der Waals surface area (Å²) in [5.41, 5.74) is -2.82. The Morgan fingerprint density at radius 1 is 1.38 bits per heavy atom. The highest BCUT2D eigenvalue weighted by Gasteiger charge is 2.58. The van der Waals surface area contributed by atoms with Crippen molar-refractivity contribution in [3.8, 4) is 0 Å². The van der Waals surface area contributed by atoms with Crippen LogP contribution in [0.1, 0.15) is 17.8 Å². The summed E-state index contributed by atoms with van der Waals surface area (Å²) < 4.78 is 41.0. The molecule has 0 bridgehead atoms. The average Bonchev–Trinajstić information content (AvgIpc) is 2.92. The molecule has 0 spiro atoms. The largest absolute Gasteiger partial charge is 0.425 e. The third-order valence-electron chi connectivity index (χ3n) is 3.51. The number of halogens is 4. The lowest BCUT2D eigenvalue weighted by molar-refractivity contribution is -0.271. The van der Waals surface area contributed by atoms with Crippen LogP contribution >= 0.6 is 11.6 Å². The van der Waals surface area contributed by atoms with E-state index in [4.69, 9.17) is 11.6 Å². The third kappa shape index (κ3) is 3.70. The number of carbonyl (C=O) groups is 1. The molecule has 5 nitrogen and oxygen atoms in total. The topological polar surface area (TPSA) is 67.1 Å². The van der Waals surface area contributed by atoms with Crippen molar-refractivity contribution >= 4 is 17.5 Å². The Labute approximate surface area is 141 Å². The van der Waals surface area contributed by atoms with Crippen LogP contribution < -0.4 is 5.32 Å². The maximum Gasteiger partial charge on any atom is 0.425 e. The number of rotatable bonds is 5. The number of benzene rings is 1. The van der Waals surface area contributed by atoms with Crippen LogP contribution in [0.2, 0.25) is 5.02 Å². The van der Waals surface area contributed by atoms with Crippen molar-refractivity contribution in [2.24, 2.45) is 7.05 Å². The predicted octanol–water partition coefficient (Wildman–Crippen LogP) is 2.53. The van der Waals surface area contributed by atoms with E-state index < -0.39 is 29.9 Å². The number of imidazole rings is 1. The fraction of sp³-hybridized carbons (Fsp3) is 0.333. The molecule has 2 N–H and O–H groups in total. The van der Waals surface area contributed by atoms with Crippen molar-refractivity contribution in [3.63, 3.8) is 0 Å². The zero-order chi connectivity index (χ0) is 18.0. The van der Waals surface area contributed by atoms with Crippen LogP contribution in [0.3, 0.4) is 0 Å². The van der Waals surface area contributed by atoms with Crippen molar-refractivity contribution in [2.75, 3.05) is 0 Å². The van der Waals surface area contributed by atoms with E-state index in [2.05, 4.69) is 10.3 Å². The number of nitrogens with zero attached hydrogens (tertiary/aromatic N) is 2. The van der Waals surface area contributed by atoms with Crippen LogP contribution in [0.15, 0.2) is 36.7 Å². The van der Waals surface area contributed by atoms with Crippen molar-refractivity contribution < 1.29 is 23.1 Å². The normalized spacial score (nSPS) is 14.2. The van der Waals surface area contributed by atoms with Crippen LogP contribution in [-0.4, -0.2) is 26.7 Å². The van der Waals surface area contributed by atoms with Gasteiger partial charge in [0.15, 0.2) is 5.82 Å². The Morgan fingerprint density at radius 3 is 2.58 bits per heavy atom. The standard InChI is InChI=1S/C15H15ClF3N3O2/c1-22-7-6-20-13(22)14(24,15(17,18)19)8-12(23)21-9-10-4-2-3-5-11(10)16/h2-7,24H,8-9H2,1H3,(H,21,23). The number of hydrogen-bond donors (Lipinski definition) is 2. The summed E-state index contributed by atoms with van der Waals surface area (Å²) in [6.45, 7) is -0.0486. The minimum absolute atomic E-state index is 0.0486. The first-order chi connectivity index (χ1) is 11.1. The summed E-state index contributed by atoms with van der Waals surface area (Å²) in [6.07, 6.45) is -3.89. The summed E-state index contributed by atoms with van der Waals surface area (Å²) in [4.78, 5) is 15.5. The van der Waals surface area contributed by atoms with E-state index >= 15 is 0 Å². The number of amides is 1. The third-order valence-corrected chi connectivity index (χ3v) is 3.88. The number of aryl methyl sites for hydroxylation is 1. The van der Waals surface area contributed by atoms with Crippen molar-refractivity contribution in [2.45, 2.75) is 24.7 Å². The van der Waals surface area contributed by atoms with Crippen LogP contribution in [0.25, 0.3) is 0 Å². The van der Waals surface area contributed by atoms with Gasteiger partial charge in [0.1, 0.15) is 0 Å². The van der Waals surface area contributed by atoms with Gasteiger partial charge in [0.25, 0.3) is 0 Å². The van der Waals surface area contributed by atoms with Gasteiger partial charge in [0.2, 0.25) is 11.5 Å². The molecular formula is C15H15ClF3N3O2. The lowest BCUT2D eigenvalue weighted by atomic mass is 9.97. The maximum atomic E-state index is 13.3. The van der Waals surface area contributed by atoms with E-state index in [1.54, 1.807) is 24.3 Å². The molecule has 2 aromatic rings. The molecule has 1 aromatic heterocycles. The fourth-order valence-corrected chi connectivity index (χ4v) is 2.40. The van der Waals surface area contributed by atoms with Gasteiger partial charge in [0, 0.05) is 31.0 Å². The van der Waals surface area contributed by atoms with E-state index in [1.807, 2.05) is 0 Å². The molecule has 0 radical (unpaired) electrons. The number of nitrogens with one attached hydrogen (secondary N) is 1. The molecular weight excluding hydrogens is 347 g/mol. The monoisotopic (exact) mass is 361 g/mol. The lowest BCUT2D eigenvalue weighted by Crippen LogP contribution is -2.47. The molecule has 0 saturated heterocycles. The minimum atomic E-state index is -5.06. The van der Waals surface area contributed by atoms with Crippen molar-refractivity contribution in [1.82, 2.24) is 14.9 Å². The summed E-state index contributed by atoms with van der Waals surface area (Å²) in [6, 6.07) is 6.62. The molecule has 1 heterocycles. The van der Waals surface area contributed by atoms with Crippen molar-refractivity contribution in [1.29, 1.82) is 0 Å². The van der Waals surface area contributed by atoms with Gasteiger partial charge in [-0.1, -0.05) is 29.8 Å². The van der Waals surface area contributed by atoms with Gasteiger partial charge in [-0.15, -0.1) is 0 Å². The van der Waals surface area contributed by atoms with Gasteiger partial charge >= 0.3 is 6.18 Å². The number of aromatic nitrogens is 2. The molecule has 0 aliphatic carbocycles. The Hall–Kier alpha value is -2.06. The molecule has 0 saturated carbocycles. The van der Waals surface area contributed by atoms with Gasteiger partial charge in [-0.05, 0) is 11.6 Å². The van der Waals surface area contributed by atoms with E-state index in [1.165, 1.54) is 13.2 Å². The fourth-order valence-electron chi connectivity index (χ4n) is 2.20. The number of aliphatic hydroxyl groups is 1. The Bertz CT molecular complexity index is 733. The molecule has 9 heteroatoms. The van der Waals surface area contributed by atoms with Crippen LogP contribution in [-0.2, 0) is 24.0 Å². The maximum absolute atomic E-state index is 13.3. The Balaban J connectivity index is 2.14. The van der Waals surface area contributed by atoms with E-state index in [9.17, 15) is 23.1 Å². The van der Waals surface area contributed by atoms with Gasteiger partial charge in [-0.25, -0.2) is 4.98 Å². The highest BCUT2D eigenvalue weighted by molar-refractivity contribution is 6.31. The molecule has 0 aliphatic rings. The first-order valence-corrected chi connectivity index (χ1v) is 7.30. The van der Waals surface area contributed by atoms with Crippen LogP contribution in [0.5, 0.6) is 0 Å². The summed E-state index contributed by atoms with van der Waals surface area (Å²) in [7, 11) is 1.31. The quantitative estimate of drug-likeness (QED) is 0.860. The molecule has 0 fully saturated rings. The Morgan fingerprint density at radius 2 is 2.04 bits per heavy atom. The minimum Gasteiger partial charge on any atom is -0.374 e. The first-order valence-electron chi connectivity index (χ1n) is 6.92. The molecule has 2 rings (SSSR count). The predicted molar refractivity (Wildman–Crippen MR) is 81.1 cm³/mol. The second-order valence-corrected chi connectivity index (χ2v) is 5.67. The first kappa shape index (κ1) is 18.3. The summed E-state index contributed by atoms with van der Waals surface area (Å²) in [5.74, 6) is -1.62. The average molecular weight is 362 g/mol. The van der Waals surface area contributed by atoms with Crippen LogP contribution in [0.4, 0.5) is 13.2 Å². The molecule has 0 aliphatic heterocycles. The van der Waals surface area contributed by atoms with E-state index in [-0.39, 0.29) is 6.54 Å². The summed E-state index contributed by atoms with van der Waals surface area (Å²) >= 11 is 5.92. The van der Waals surface area contributed by atoms with Gasteiger partial charge in [-0.3, -0.25) is 4.79 Å². The van der Waals surface area contributed by atoms with E-state index in [0.29, 0.717) is 10.6 Å². The second-order valence-electron chi connectivity index (χ2n) is 5.26. The molecule has 130 valence electrons. The SMILES string of the molecule is Cn1ccnc1C(O)(CC(=O)NCc1ccccc1Cl)C(F)(F)F. The zero-order valence-electron chi connectivity index (χ0n) is 12.6.